The molecule has 32 heavy (non-hydrogen) atoms. The van der Waals surface area contributed by atoms with Crippen molar-refractivity contribution in [2.75, 3.05) is 39.6 Å². The molecule has 1 aliphatic heterocycles. The average Bonchev–Trinajstić information content (AvgIpc) is 2.74. The molecule has 0 aromatic rings. The third-order valence-electron chi connectivity index (χ3n) is 4.09. The largest absolute Gasteiger partial charge is 0.394 e. The first-order valence-electron chi connectivity index (χ1n) is 9.84. The molecule has 4 atom stereocenters. The summed E-state index contributed by atoms with van der Waals surface area (Å²) in [5.74, 6) is -3.09. The molecule has 0 spiro atoms. The summed E-state index contributed by atoms with van der Waals surface area (Å²) in [7, 11) is 0. The van der Waals surface area contributed by atoms with Crippen molar-refractivity contribution < 1.29 is 43.7 Å². The van der Waals surface area contributed by atoms with Crippen LogP contribution in [-0.2, 0) is 28.7 Å². The molecule has 182 valence electrons. The fourth-order valence-electron chi connectivity index (χ4n) is 2.34. The van der Waals surface area contributed by atoms with E-state index < -0.39 is 67.1 Å². The Kier molecular flexibility index (Phi) is 11.9. The molecular formula is C17H30N6O9. The summed E-state index contributed by atoms with van der Waals surface area (Å²) in [6.45, 7) is 1.79. The van der Waals surface area contributed by atoms with Crippen LogP contribution < -0.4 is 32.1 Å². The Morgan fingerprint density at radius 2 is 1.59 bits per heavy atom. The van der Waals surface area contributed by atoms with Crippen LogP contribution in [0.1, 0.15) is 13.8 Å². The zero-order valence-corrected chi connectivity index (χ0v) is 17.8. The van der Waals surface area contributed by atoms with E-state index in [0.717, 1.165) is 0 Å². The van der Waals surface area contributed by atoms with Crippen molar-refractivity contribution >= 4 is 29.7 Å². The van der Waals surface area contributed by atoms with E-state index in [-0.39, 0.29) is 26.4 Å². The van der Waals surface area contributed by atoms with Gasteiger partial charge in [-0.25, -0.2) is 4.79 Å². The SMILES string of the molecule is CC1NC(=O)NC(C(C)O)C(=O)NCCOCCOCC(=O)NC(CO)C(=O)NNC1=O. The lowest BCUT2D eigenvalue weighted by Crippen LogP contribution is -2.59. The molecule has 1 aliphatic rings. The maximum Gasteiger partial charge on any atom is 0.316 e. The van der Waals surface area contributed by atoms with Crippen molar-refractivity contribution in [3.63, 3.8) is 0 Å². The van der Waals surface area contributed by atoms with Crippen LogP contribution in [0.25, 0.3) is 0 Å². The molecule has 0 saturated carbocycles. The zero-order valence-electron chi connectivity index (χ0n) is 17.8. The molecule has 1 fully saturated rings. The van der Waals surface area contributed by atoms with Gasteiger partial charge in [0.2, 0.25) is 11.8 Å². The fourth-order valence-corrected chi connectivity index (χ4v) is 2.34. The van der Waals surface area contributed by atoms with E-state index in [9.17, 15) is 34.2 Å². The molecule has 1 rings (SSSR count). The number of hydrogen-bond acceptors (Lipinski definition) is 9. The van der Waals surface area contributed by atoms with Gasteiger partial charge in [0, 0.05) is 6.54 Å². The van der Waals surface area contributed by atoms with Gasteiger partial charge in [-0.15, -0.1) is 0 Å². The second-order valence-corrected chi connectivity index (χ2v) is 6.79. The summed E-state index contributed by atoms with van der Waals surface area (Å²) >= 11 is 0. The standard InChI is InChI=1S/C17H30N6O9/c1-9-14(27)22-23-15(28)11(7-24)20-12(26)8-32-6-5-31-4-3-18-16(29)13(10(2)25)21-17(30)19-9/h9-11,13,24-25H,3-8H2,1-2H3,(H,18,29)(H,20,26)(H,22,27)(H,23,28)(H2,19,21,30). The van der Waals surface area contributed by atoms with Crippen LogP contribution in [0.2, 0.25) is 0 Å². The smallest absolute Gasteiger partial charge is 0.316 e. The first-order valence-corrected chi connectivity index (χ1v) is 9.84. The van der Waals surface area contributed by atoms with Crippen molar-refractivity contribution in [1.82, 2.24) is 32.1 Å². The average molecular weight is 462 g/mol. The predicted molar refractivity (Wildman–Crippen MR) is 107 cm³/mol. The van der Waals surface area contributed by atoms with E-state index >= 15 is 0 Å². The third-order valence-corrected chi connectivity index (χ3v) is 4.09. The van der Waals surface area contributed by atoms with E-state index in [1.54, 1.807) is 0 Å². The van der Waals surface area contributed by atoms with Gasteiger partial charge in [0.1, 0.15) is 24.7 Å². The van der Waals surface area contributed by atoms with Crippen LogP contribution in [0, 0.1) is 0 Å². The monoisotopic (exact) mass is 462 g/mol. The van der Waals surface area contributed by atoms with Crippen LogP contribution in [0.5, 0.6) is 0 Å². The summed E-state index contributed by atoms with van der Waals surface area (Å²) in [6.07, 6.45) is -1.24. The van der Waals surface area contributed by atoms with Gasteiger partial charge in [-0.05, 0) is 13.8 Å². The highest BCUT2D eigenvalue weighted by molar-refractivity contribution is 5.92. The van der Waals surface area contributed by atoms with Crippen LogP contribution >= 0.6 is 0 Å². The first kappa shape index (κ1) is 27.0. The highest BCUT2D eigenvalue weighted by Crippen LogP contribution is 1.94. The van der Waals surface area contributed by atoms with Crippen LogP contribution in [0.3, 0.4) is 0 Å². The van der Waals surface area contributed by atoms with E-state index in [1.807, 2.05) is 10.9 Å². The molecule has 1 heterocycles. The lowest BCUT2D eigenvalue weighted by atomic mass is 10.1. The molecule has 6 amide bonds. The number of aliphatic hydroxyl groups excluding tert-OH is 2. The number of amides is 6. The number of carbonyl (C=O) groups excluding carboxylic acids is 5. The topological polar surface area (TPSA) is 216 Å². The number of urea groups is 1. The van der Waals surface area contributed by atoms with Crippen molar-refractivity contribution in [3.05, 3.63) is 0 Å². The van der Waals surface area contributed by atoms with Gasteiger partial charge in [0.05, 0.1) is 32.5 Å². The number of hydrogen-bond donors (Lipinski definition) is 8. The van der Waals surface area contributed by atoms with E-state index in [0.29, 0.717) is 0 Å². The van der Waals surface area contributed by atoms with Crippen LogP contribution in [0.4, 0.5) is 4.79 Å². The second kappa shape index (κ2) is 14.1. The molecule has 4 unspecified atom stereocenters. The lowest BCUT2D eigenvalue weighted by Gasteiger charge is -2.22. The lowest BCUT2D eigenvalue weighted by molar-refractivity contribution is -0.134. The third kappa shape index (κ3) is 9.86. The maximum atomic E-state index is 12.2. The molecule has 0 bridgehead atoms. The molecular weight excluding hydrogens is 432 g/mol. The van der Waals surface area contributed by atoms with Crippen LogP contribution in [-0.4, -0.2) is 104 Å². The van der Waals surface area contributed by atoms with Gasteiger partial charge in [0.25, 0.3) is 11.8 Å². The number of rotatable bonds is 2. The van der Waals surface area contributed by atoms with Crippen molar-refractivity contribution in [3.8, 4) is 0 Å². The fraction of sp³-hybridized carbons (Fsp3) is 0.706. The summed E-state index contributed by atoms with van der Waals surface area (Å²) in [5, 5.41) is 28.3. The van der Waals surface area contributed by atoms with Gasteiger partial charge < -0.3 is 41.0 Å². The van der Waals surface area contributed by atoms with E-state index in [1.165, 1.54) is 13.8 Å². The Bertz CT molecular complexity index is 675. The Morgan fingerprint density at radius 3 is 2.25 bits per heavy atom. The zero-order chi connectivity index (χ0) is 24.1. The molecule has 0 aromatic carbocycles. The van der Waals surface area contributed by atoms with Gasteiger partial charge >= 0.3 is 6.03 Å². The number of nitrogens with one attached hydrogen (secondary N) is 6. The van der Waals surface area contributed by atoms with Gasteiger partial charge in [0.15, 0.2) is 0 Å². The summed E-state index contributed by atoms with van der Waals surface area (Å²) in [5.41, 5.74) is 4.05. The predicted octanol–water partition coefficient (Wildman–Crippen LogP) is -4.79. The summed E-state index contributed by atoms with van der Waals surface area (Å²) < 4.78 is 10.3. The highest BCUT2D eigenvalue weighted by atomic mass is 16.5. The molecule has 0 radical (unpaired) electrons. The molecule has 1 saturated heterocycles. The summed E-state index contributed by atoms with van der Waals surface area (Å²) in [6, 6.07) is -4.73. The quantitative estimate of drug-likeness (QED) is 0.197. The van der Waals surface area contributed by atoms with E-state index in [2.05, 4.69) is 21.3 Å². The van der Waals surface area contributed by atoms with Crippen LogP contribution in [0.15, 0.2) is 0 Å². The van der Waals surface area contributed by atoms with Crippen molar-refractivity contribution in [2.45, 2.75) is 38.1 Å². The molecule has 15 nitrogen and oxygen atoms in total. The Balaban J connectivity index is 2.82. The van der Waals surface area contributed by atoms with Crippen molar-refractivity contribution in [1.29, 1.82) is 0 Å². The number of hydrazine groups is 1. The molecule has 8 N–H and O–H groups in total. The molecule has 0 aromatic heterocycles. The minimum atomic E-state index is -1.35. The van der Waals surface area contributed by atoms with Gasteiger partial charge in [-0.3, -0.25) is 30.0 Å². The normalized spacial score (nSPS) is 26.8. The molecule has 0 aliphatic carbocycles. The Morgan fingerprint density at radius 1 is 0.938 bits per heavy atom. The Labute approximate surface area is 183 Å². The highest BCUT2D eigenvalue weighted by Gasteiger charge is 2.27. The number of carbonyl (C=O) groups is 5. The second-order valence-electron chi connectivity index (χ2n) is 6.79. The minimum absolute atomic E-state index is 0.0450. The summed E-state index contributed by atoms with van der Waals surface area (Å²) in [4.78, 5) is 60.3. The van der Waals surface area contributed by atoms with Crippen molar-refractivity contribution in [2.24, 2.45) is 0 Å². The minimum Gasteiger partial charge on any atom is -0.394 e. The maximum absolute atomic E-state index is 12.2. The molecule has 15 heteroatoms. The first-order chi connectivity index (χ1) is 15.1. The van der Waals surface area contributed by atoms with E-state index in [4.69, 9.17) is 9.47 Å². The number of aliphatic hydroxyl groups is 2. The Hall–Kier alpha value is -3.01. The van der Waals surface area contributed by atoms with Gasteiger partial charge in [-0.2, -0.15) is 0 Å². The van der Waals surface area contributed by atoms with Gasteiger partial charge in [-0.1, -0.05) is 0 Å². The number of ether oxygens (including phenoxy) is 2.